The van der Waals surface area contributed by atoms with E-state index in [1.165, 1.54) is 12.8 Å². The number of carbonyl (C=O) groups is 2. The molecule has 1 fully saturated rings. The van der Waals surface area contributed by atoms with Gasteiger partial charge in [-0.2, -0.15) is 11.8 Å². The summed E-state index contributed by atoms with van der Waals surface area (Å²) < 4.78 is 0. The van der Waals surface area contributed by atoms with Gasteiger partial charge in [-0.25, -0.2) is 9.59 Å². The largest absolute Gasteiger partial charge is 0.480 e. The second-order valence-electron chi connectivity index (χ2n) is 5.19. The molecule has 0 spiro atoms. The quantitative estimate of drug-likeness (QED) is 0.669. The fourth-order valence-electron chi connectivity index (χ4n) is 2.45. The van der Waals surface area contributed by atoms with E-state index in [9.17, 15) is 9.59 Å². The van der Waals surface area contributed by atoms with Crippen LogP contribution in [0.1, 0.15) is 32.6 Å². The number of carboxylic acid groups (broad SMARTS) is 1. The summed E-state index contributed by atoms with van der Waals surface area (Å²) in [5.41, 5.74) is 0. The van der Waals surface area contributed by atoms with E-state index >= 15 is 0 Å². The third-order valence-corrected chi connectivity index (χ3v) is 4.42. The van der Waals surface area contributed by atoms with E-state index in [-0.39, 0.29) is 6.03 Å². The summed E-state index contributed by atoms with van der Waals surface area (Å²) in [5.74, 6) is 0.919. The number of carbonyl (C=O) groups excluding carboxylic acids is 1. The minimum atomic E-state index is -0.974. The Morgan fingerprint density at radius 1 is 1.42 bits per heavy atom. The van der Waals surface area contributed by atoms with Crippen LogP contribution in [-0.2, 0) is 4.79 Å². The van der Waals surface area contributed by atoms with Gasteiger partial charge in [-0.05, 0) is 36.7 Å². The first-order valence-electron chi connectivity index (χ1n) is 6.80. The molecule has 1 rings (SSSR count). The molecule has 2 amide bonds. The Morgan fingerprint density at radius 3 is 2.68 bits per heavy atom. The first-order valence-corrected chi connectivity index (χ1v) is 8.20. The fourth-order valence-corrected chi connectivity index (χ4v) is 2.92. The smallest absolute Gasteiger partial charge is 0.326 e. The Labute approximate surface area is 118 Å². The van der Waals surface area contributed by atoms with E-state index in [0.717, 1.165) is 12.2 Å². The van der Waals surface area contributed by atoms with Gasteiger partial charge in [0.2, 0.25) is 0 Å². The molecule has 0 aromatic heterocycles. The second kappa shape index (κ2) is 8.30. The molecule has 0 saturated heterocycles. The van der Waals surface area contributed by atoms with Crippen LogP contribution in [0.5, 0.6) is 0 Å². The molecule has 0 bridgehead atoms. The van der Waals surface area contributed by atoms with E-state index in [2.05, 4.69) is 17.6 Å². The molecule has 1 aliphatic carbocycles. The van der Waals surface area contributed by atoms with Crippen LogP contribution in [-0.4, -0.2) is 41.7 Å². The Morgan fingerprint density at radius 2 is 2.16 bits per heavy atom. The van der Waals surface area contributed by atoms with Gasteiger partial charge in [0.15, 0.2) is 0 Å². The highest BCUT2D eigenvalue weighted by atomic mass is 32.2. The molecule has 3 N–H and O–H groups in total. The molecule has 0 heterocycles. The maximum atomic E-state index is 11.7. The number of aliphatic carboxylic acids is 1. The zero-order valence-electron chi connectivity index (χ0n) is 11.6. The number of hydrogen-bond acceptors (Lipinski definition) is 3. The molecule has 0 aromatic rings. The number of rotatable bonds is 7. The van der Waals surface area contributed by atoms with Crippen molar-refractivity contribution >= 4 is 23.8 Å². The number of urea groups is 1. The Kier molecular flexibility index (Phi) is 7.05. The van der Waals surface area contributed by atoms with Crippen LogP contribution in [0, 0.1) is 11.8 Å². The molecule has 5 nitrogen and oxygen atoms in total. The van der Waals surface area contributed by atoms with Crippen molar-refractivity contribution in [1.82, 2.24) is 10.6 Å². The molecular formula is C13H24N2O3S. The summed E-state index contributed by atoms with van der Waals surface area (Å²) in [7, 11) is 0. The number of nitrogens with one attached hydrogen (secondary N) is 2. The van der Waals surface area contributed by atoms with Gasteiger partial charge >= 0.3 is 12.0 Å². The van der Waals surface area contributed by atoms with Crippen LogP contribution in [0.3, 0.4) is 0 Å². The van der Waals surface area contributed by atoms with Gasteiger partial charge in [-0.15, -0.1) is 0 Å². The predicted octanol–water partition coefficient (Wildman–Crippen LogP) is 1.93. The molecule has 1 aliphatic rings. The van der Waals surface area contributed by atoms with Crippen molar-refractivity contribution < 1.29 is 14.7 Å². The average molecular weight is 288 g/mol. The molecule has 3 atom stereocenters. The topological polar surface area (TPSA) is 78.4 Å². The standard InChI is InChI=1S/C13H24N2O3S/c1-9-4-3-5-10(9)8-14-13(18)15-11(12(16)17)6-7-19-2/h9-11H,3-8H2,1-2H3,(H,16,17)(H2,14,15,18). The Balaban J connectivity index is 2.29. The third-order valence-electron chi connectivity index (χ3n) is 3.78. The summed E-state index contributed by atoms with van der Waals surface area (Å²) >= 11 is 1.57. The molecule has 110 valence electrons. The van der Waals surface area contributed by atoms with Gasteiger partial charge < -0.3 is 15.7 Å². The Hall–Kier alpha value is -0.910. The highest BCUT2D eigenvalue weighted by Crippen LogP contribution is 2.30. The van der Waals surface area contributed by atoms with Crippen molar-refractivity contribution in [3.05, 3.63) is 0 Å². The highest BCUT2D eigenvalue weighted by molar-refractivity contribution is 7.98. The molecular weight excluding hydrogens is 264 g/mol. The van der Waals surface area contributed by atoms with Gasteiger partial charge in [0.1, 0.15) is 6.04 Å². The van der Waals surface area contributed by atoms with E-state index in [0.29, 0.717) is 24.8 Å². The normalized spacial score (nSPS) is 23.9. The predicted molar refractivity (Wildman–Crippen MR) is 77.5 cm³/mol. The van der Waals surface area contributed by atoms with Crippen LogP contribution >= 0.6 is 11.8 Å². The monoisotopic (exact) mass is 288 g/mol. The van der Waals surface area contributed by atoms with Gasteiger partial charge in [-0.1, -0.05) is 19.8 Å². The van der Waals surface area contributed by atoms with Crippen molar-refractivity contribution in [2.75, 3.05) is 18.6 Å². The minimum Gasteiger partial charge on any atom is -0.480 e. The minimum absolute atomic E-state index is 0.368. The van der Waals surface area contributed by atoms with Crippen LogP contribution in [0.2, 0.25) is 0 Å². The van der Waals surface area contributed by atoms with Crippen molar-refractivity contribution in [3.63, 3.8) is 0 Å². The van der Waals surface area contributed by atoms with Gasteiger partial charge in [0, 0.05) is 6.54 Å². The van der Waals surface area contributed by atoms with Gasteiger partial charge in [0.05, 0.1) is 0 Å². The zero-order valence-corrected chi connectivity index (χ0v) is 12.5. The Bertz CT molecular complexity index is 312. The average Bonchev–Trinajstić information content (AvgIpc) is 2.77. The van der Waals surface area contributed by atoms with Crippen LogP contribution < -0.4 is 10.6 Å². The first-order chi connectivity index (χ1) is 9.04. The fraction of sp³-hybridized carbons (Fsp3) is 0.846. The lowest BCUT2D eigenvalue weighted by atomic mass is 9.98. The van der Waals surface area contributed by atoms with Crippen molar-refractivity contribution in [3.8, 4) is 0 Å². The van der Waals surface area contributed by atoms with E-state index in [4.69, 9.17) is 5.11 Å². The number of amides is 2. The maximum absolute atomic E-state index is 11.7. The molecule has 0 aromatic carbocycles. The van der Waals surface area contributed by atoms with Crippen LogP contribution in [0.25, 0.3) is 0 Å². The lowest BCUT2D eigenvalue weighted by Crippen LogP contribution is -2.47. The van der Waals surface area contributed by atoms with Crippen LogP contribution in [0.15, 0.2) is 0 Å². The number of hydrogen-bond donors (Lipinski definition) is 3. The van der Waals surface area contributed by atoms with Gasteiger partial charge in [-0.3, -0.25) is 0 Å². The van der Waals surface area contributed by atoms with E-state index in [1.807, 2.05) is 6.26 Å². The molecule has 0 radical (unpaired) electrons. The van der Waals surface area contributed by atoms with E-state index < -0.39 is 12.0 Å². The third kappa shape index (κ3) is 5.72. The first kappa shape index (κ1) is 16.1. The summed E-state index contributed by atoms with van der Waals surface area (Å²) in [6, 6.07) is -1.17. The van der Waals surface area contributed by atoms with Crippen molar-refractivity contribution in [2.45, 2.75) is 38.6 Å². The van der Waals surface area contributed by atoms with Crippen molar-refractivity contribution in [2.24, 2.45) is 11.8 Å². The SMILES string of the molecule is CSCCC(NC(=O)NCC1CCCC1C)C(=O)O. The summed E-state index contributed by atoms with van der Waals surface area (Å²) in [6.45, 7) is 2.84. The lowest BCUT2D eigenvalue weighted by molar-refractivity contribution is -0.139. The molecule has 6 heteroatoms. The molecule has 19 heavy (non-hydrogen) atoms. The summed E-state index contributed by atoms with van der Waals surface area (Å²) in [5, 5.41) is 14.3. The summed E-state index contributed by atoms with van der Waals surface area (Å²) in [6.07, 6.45) is 5.96. The molecule has 1 saturated carbocycles. The lowest BCUT2D eigenvalue weighted by Gasteiger charge is -2.18. The summed E-state index contributed by atoms with van der Waals surface area (Å²) in [4.78, 5) is 22.7. The van der Waals surface area contributed by atoms with Crippen molar-refractivity contribution in [1.29, 1.82) is 0 Å². The number of thioether (sulfide) groups is 1. The van der Waals surface area contributed by atoms with E-state index in [1.54, 1.807) is 11.8 Å². The second-order valence-corrected chi connectivity index (χ2v) is 6.18. The maximum Gasteiger partial charge on any atom is 0.326 e. The van der Waals surface area contributed by atoms with Gasteiger partial charge in [0.25, 0.3) is 0 Å². The molecule has 3 unspecified atom stereocenters. The molecule has 0 aliphatic heterocycles. The number of carboxylic acids is 1. The van der Waals surface area contributed by atoms with Crippen LogP contribution in [0.4, 0.5) is 4.79 Å². The zero-order chi connectivity index (χ0) is 14.3. The highest BCUT2D eigenvalue weighted by Gasteiger charge is 2.24.